The summed E-state index contributed by atoms with van der Waals surface area (Å²) in [6.45, 7) is 5.60. The SMILES string of the molecule is CCn1c(=O)n(CC2CCNCC2)c2ncccc21. The van der Waals surface area contributed by atoms with Gasteiger partial charge in [0.1, 0.15) is 0 Å². The molecule has 5 heteroatoms. The zero-order valence-corrected chi connectivity index (χ0v) is 11.3. The molecule has 1 N–H and O–H groups in total. The second-order valence-corrected chi connectivity index (χ2v) is 5.18. The summed E-state index contributed by atoms with van der Waals surface area (Å²) in [6.07, 6.45) is 4.04. The van der Waals surface area contributed by atoms with Crippen LogP contribution >= 0.6 is 0 Å². The molecule has 1 fully saturated rings. The van der Waals surface area contributed by atoms with E-state index in [-0.39, 0.29) is 5.69 Å². The van der Waals surface area contributed by atoms with Gasteiger partial charge in [0.05, 0.1) is 5.52 Å². The number of nitrogens with zero attached hydrogens (tertiary/aromatic N) is 3. The van der Waals surface area contributed by atoms with Crippen LogP contribution in [0.2, 0.25) is 0 Å². The topological polar surface area (TPSA) is 51.9 Å². The van der Waals surface area contributed by atoms with E-state index in [4.69, 9.17) is 0 Å². The molecule has 0 aliphatic carbocycles. The Morgan fingerprint density at radius 2 is 2.16 bits per heavy atom. The van der Waals surface area contributed by atoms with E-state index < -0.39 is 0 Å². The van der Waals surface area contributed by atoms with Crippen LogP contribution in [-0.4, -0.2) is 27.2 Å². The third-order valence-corrected chi connectivity index (χ3v) is 3.99. The van der Waals surface area contributed by atoms with E-state index in [1.165, 1.54) is 0 Å². The summed E-state index contributed by atoms with van der Waals surface area (Å²) in [5.74, 6) is 0.580. The van der Waals surface area contributed by atoms with Crippen molar-refractivity contribution in [2.45, 2.75) is 32.9 Å². The highest BCUT2D eigenvalue weighted by Crippen LogP contribution is 2.17. The molecule has 19 heavy (non-hydrogen) atoms. The lowest BCUT2D eigenvalue weighted by molar-refractivity contribution is 0.331. The Balaban J connectivity index is 2.02. The van der Waals surface area contributed by atoms with E-state index in [2.05, 4.69) is 10.3 Å². The lowest BCUT2D eigenvalue weighted by atomic mass is 9.98. The fraction of sp³-hybridized carbons (Fsp3) is 0.571. The molecule has 0 bridgehead atoms. The highest BCUT2D eigenvalue weighted by atomic mass is 16.1. The summed E-state index contributed by atoms with van der Waals surface area (Å²) in [7, 11) is 0. The van der Waals surface area contributed by atoms with Gasteiger partial charge in [-0.25, -0.2) is 9.78 Å². The monoisotopic (exact) mass is 260 g/mol. The van der Waals surface area contributed by atoms with E-state index in [1.807, 2.05) is 28.2 Å². The molecule has 0 unspecified atom stereocenters. The van der Waals surface area contributed by atoms with Gasteiger partial charge in [0.2, 0.25) is 0 Å². The van der Waals surface area contributed by atoms with E-state index in [9.17, 15) is 4.79 Å². The third kappa shape index (κ3) is 2.18. The number of imidazole rings is 1. The molecule has 3 rings (SSSR count). The van der Waals surface area contributed by atoms with Gasteiger partial charge in [-0.2, -0.15) is 0 Å². The van der Waals surface area contributed by atoms with Gasteiger partial charge in [0.15, 0.2) is 5.65 Å². The van der Waals surface area contributed by atoms with Crippen LogP contribution in [0, 0.1) is 5.92 Å². The smallest absolute Gasteiger partial charge is 0.317 e. The van der Waals surface area contributed by atoms with Crippen molar-refractivity contribution in [1.82, 2.24) is 19.4 Å². The molecule has 0 atom stereocenters. The van der Waals surface area contributed by atoms with Crippen LogP contribution in [-0.2, 0) is 13.1 Å². The molecule has 0 spiro atoms. The van der Waals surface area contributed by atoms with Crippen LogP contribution in [0.1, 0.15) is 19.8 Å². The Hall–Kier alpha value is -1.62. The first-order valence-electron chi connectivity index (χ1n) is 7.06. The fourth-order valence-corrected chi connectivity index (χ4v) is 2.94. The summed E-state index contributed by atoms with van der Waals surface area (Å²) in [4.78, 5) is 16.9. The molecule has 3 heterocycles. The number of hydrogen-bond acceptors (Lipinski definition) is 3. The van der Waals surface area contributed by atoms with Gasteiger partial charge in [0.25, 0.3) is 0 Å². The molecule has 0 saturated carbocycles. The summed E-state index contributed by atoms with van der Waals surface area (Å²) in [6, 6.07) is 3.87. The van der Waals surface area contributed by atoms with Crippen LogP contribution in [0.3, 0.4) is 0 Å². The number of rotatable bonds is 3. The molecule has 0 aromatic carbocycles. The maximum atomic E-state index is 12.5. The lowest BCUT2D eigenvalue weighted by Gasteiger charge is -2.22. The molecule has 0 amide bonds. The predicted octanol–water partition coefficient (Wildman–Crippen LogP) is 1.22. The van der Waals surface area contributed by atoms with Gasteiger partial charge in [-0.15, -0.1) is 0 Å². The molecule has 1 aliphatic rings. The second-order valence-electron chi connectivity index (χ2n) is 5.18. The number of piperidine rings is 1. The molecule has 102 valence electrons. The van der Waals surface area contributed by atoms with Gasteiger partial charge in [-0.05, 0) is 50.9 Å². The van der Waals surface area contributed by atoms with Crippen LogP contribution in [0.5, 0.6) is 0 Å². The first kappa shape index (κ1) is 12.4. The van der Waals surface area contributed by atoms with E-state index >= 15 is 0 Å². The molecule has 2 aromatic rings. The minimum Gasteiger partial charge on any atom is -0.317 e. The van der Waals surface area contributed by atoms with Gasteiger partial charge in [-0.3, -0.25) is 9.13 Å². The van der Waals surface area contributed by atoms with Crippen molar-refractivity contribution in [2.75, 3.05) is 13.1 Å². The van der Waals surface area contributed by atoms with Crippen LogP contribution in [0.4, 0.5) is 0 Å². The quantitative estimate of drug-likeness (QED) is 0.902. The van der Waals surface area contributed by atoms with Gasteiger partial charge >= 0.3 is 5.69 Å². The zero-order valence-electron chi connectivity index (χ0n) is 11.3. The number of hydrogen-bond donors (Lipinski definition) is 1. The second kappa shape index (κ2) is 5.17. The Kier molecular flexibility index (Phi) is 3.38. The molecule has 1 aliphatic heterocycles. The Morgan fingerprint density at radius 3 is 2.89 bits per heavy atom. The maximum absolute atomic E-state index is 12.5. The number of aryl methyl sites for hydroxylation is 1. The van der Waals surface area contributed by atoms with E-state index in [0.29, 0.717) is 12.5 Å². The normalized spacial score (nSPS) is 17.1. The Bertz CT molecular complexity index is 622. The van der Waals surface area contributed by atoms with E-state index in [1.54, 1.807) is 6.20 Å². The highest BCUT2D eigenvalue weighted by Gasteiger charge is 2.18. The summed E-state index contributed by atoms with van der Waals surface area (Å²) in [5, 5.41) is 3.36. The van der Waals surface area contributed by atoms with Gasteiger partial charge < -0.3 is 5.32 Å². The number of aromatic nitrogens is 3. The molecular formula is C14H20N4O. The number of pyridine rings is 1. The van der Waals surface area contributed by atoms with Crippen LogP contribution in [0.25, 0.3) is 11.2 Å². The largest absolute Gasteiger partial charge is 0.330 e. The van der Waals surface area contributed by atoms with Crippen LogP contribution < -0.4 is 11.0 Å². The molecular weight excluding hydrogens is 240 g/mol. The number of fused-ring (bicyclic) bond motifs is 1. The van der Waals surface area contributed by atoms with Crippen molar-refractivity contribution in [2.24, 2.45) is 5.92 Å². The predicted molar refractivity (Wildman–Crippen MR) is 75.3 cm³/mol. The van der Waals surface area contributed by atoms with E-state index in [0.717, 1.165) is 43.6 Å². The average Bonchev–Trinajstić information content (AvgIpc) is 2.73. The maximum Gasteiger partial charge on any atom is 0.330 e. The first-order chi connectivity index (χ1) is 9.31. The minimum absolute atomic E-state index is 0.0785. The van der Waals surface area contributed by atoms with Crippen molar-refractivity contribution >= 4 is 11.2 Å². The molecule has 0 radical (unpaired) electrons. The zero-order chi connectivity index (χ0) is 13.2. The summed E-state index contributed by atoms with van der Waals surface area (Å²) >= 11 is 0. The fourth-order valence-electron chi connectivity index (χ4n) is 2.94. The van der Waals surface area contributed by atoms with Crippen molar-refractivity contribution in [3.63, 3.8) is 0 Å². The van der Waals surface area contributed by atoms with Gasteiger partial charge in [-0.1, -0.05) is 0 Å². The van der Waals surface area contributed by atoms with Crippen molar-refractivity contribution in [3.05, 3.63) is 28.8 Å². The molecule has 1 saturated heterocycles. The van der Waals surface area contributed by atoms with Crippen molar-refractivity contribution in [1.29, 1.82) is 0 Å². The highest BCUT2D eigenvalue weighted by molar-refractivity contribution is 5.71. The Morgan fingerprint density at radius 1 is 1.37 bits per heavy atom. The van der Waals surface area contributed by atoms with Gasteiger partial charge in [0, 0.05) is 19.3 Å². The lowest BCUT2D eigenvalue weighted by Crippen LogP contribution is -2.33. The Labute approximate surface area is 112 Å². The van der Waals surface area contributed by atoms with Crippen LogP contribution in [0.15, 0.2) is 23.1 Å². The van der Waals surface area contributed by atoms with Crippen molar-refractivity contribution < 1.29 is 0 Å². The standard InChI is InChI=1S/C14H20N4O/c1-2-17-12-4-3-7-16-13(12)18(14(17)19)10-11-5-8-15-9-6-11/h3-4,7,11,15H,2,5-6,8-10H2,1H3. The summed E-state index contributed by atoms with van der Waals surface area (Å²) in [5.41, 5.74) is 1.85. The third-order valence-electron chi connectivity index (χ3n) is 3.99. The van der Waals surface area contributed by atoms with Crippen molar-refractivity contribution in [3.8, 4) is 0 Å². The molecule has 5 nitrogen and oxygen atoms in total. The average molecular weight is 260 g/mol. The minimum atomic E-state index is 0.0785. The first-order valence-corrected chi connectivity index (χ1v) is 7.06. The summed E-state index contributed by atoms with van der Waals surface area (Å²) < 4.78 is 3.66. The molecule has 2 aromatic heterocycles. The number of nitrogens with one attached hydrogen (secondary N) is 1.